The van der Waals surface area contributed by atoms with Crippen molar-refractivity contribution in [2.75, 3.05) is 13.6 Å². The molecule has 0 spiro atoms. The summed E-state index contributed by atoms with van der Waals surface area (Å²) in [7, 11) is 1.88. The van der Waals surface area contributed by atoms with Crippen molar-refractivity contribution in [3.05, 3.63) is 82.6 Å². The highest BCUT2D eigenvalue weighted by Crippen LogP contribution is 2.19. The highest BCUT2D eigenvalue weighted by Gasteiger charge is 2.12. The van der Waals surface area contributed by atoms with E-state index >= 15 is 0 Å². The van der Waals surface area contributed by atoms with Gasteiger partial charge in [0.2, 0.25) is 0 Å². The summed E-state index contributed by atoms with van der Waals surface area (Å²) in [5.41, 5.74) is 2.20. The summed E-state index contributed by atoms with van der Waals surface area (Å²) in [6.45, 7) is 8.67. The van der Waals surface area contributed by atoms with Crippen LogP contribution < -0.4 is 5.32 Å². The Balaban J connectivity index is 3.24. The number of hydrazone groups is 1. The maximum atomic E-state index is 14.2. The second kappa shape index (κ2) is 13.9. The molecule has 0 aliphatic carbocycles. The third kappa shape index (κ3) is 9.68. The van der Waals surface area contributed by atoms with E-state index in [9.17, 15) is 8.78 Å². The first kappa shape index (κ1) is 24.8. The first-order chi connectivity index (χ1) is 13.9. The lowest BCUT2D eigenvalue weighted by atomic mass is 10.1. The molecule has 0 aromatic heterocycles. The van der Waals surface area contributed by atoms with Gasteiger partial charge in [-0.3, -0.25) is 5.01 Å². The standard InChI is InChI=1S/C23H30ClF2N3/c1-5-7-19(10-9-18(3)24)16-28-29(22(8-6-2)13-14-27-4)17-20-11-12-21(25)15-23(20)26/h7-12,15-16,27H,3,5-6,13-14,17H2,1-2,4H3/b10-9-,19-7+,22-8+,28-16+. The van der Waals surface area contributed by atoms with Gasteiger partial charge in [-0.2, -0.15) is 5.10 Å². The number of rotatable bonds is 12. The van der Waals surface area contributed by atoms with Crippen LogP contribution in [0, 0.1) is 11.6 Å². The van der Waals surface area contributed by atoms with Gasteiger partial charge in [-0.25, -0.2) is 8.78 Å². The minimum absolute atomic E-state index is 0.198. The fourth-order valence-corrected chi connectivity index (χ4v) is 2.64. The van der Waals surface area contributed by atoms with Crippen molar-refractivity contribution in [3.63, 3.8) is 0 Å². The molecule has 0 saturated carbocycles. The quantitative estimate of drug-likeness (QED) is 0.243. The molecule has 3 nitrogen and oxygen atoms in total. The molecule has 1 rings (SSSR count). The second-order valence-electron chi connectivity index (χ2n) is 6.39. The van der Waals surface area contributed by atoms with Crippen LogP contribution in [0.15, 0.2) is 70.5 Å². The van der Waals surface area contributed by atoms with Crippen LogP contribution >= 0.6 is 11.6 Å². The molecule has 1 aromatic rings. The molecule has 0 aliphatic rings. The van der Waals surface area contributed by atoms with Crippen molar-refractivity contribution in [1.29, 1.82) is 0 Å². The average Bonchev–Trinajstić information content (AvgIpc) is 2.67. The van der Waals surface area contributed by atoms with Crippen LogP contribution in [0.5, 0.6) is 0 Å². The van der Waals surface area contributed by atoms with Gasteiger partial charge in [0.15, 0.2) is 0 Å². The SMILES string of the molecule is C=C(Cl)\C=C/C(/C=N/N(Cc1ccc(F)cc1F)/C(=C/CC)CCNC)=C\CC. The van der Waals surface area contributed by atoms with Crippen LogP contribution in [0.4, 0.5) is 8.78 Å². The molecule has 0 fully saturated rings. The van der Waals surface area contributed by atoms with E-state index in [0.717, 1.165) is 43.1 Å². The molecule has 0 amide bonds. The Bertz CT molecular complexity index is 782. The molecule has 0 aliphatic heterocycles. The van der Waals surface area contributed by atoms with E-state index in [1.54, 1.807) is 17.3 Å². The van der Waals surface area contributed by atoms with Crippen molar-refractivity contribution < 1.29 is 8.78 Å². The number of benzene rings is 1. The fraction of sp³-hybridized carbons (Fsp3) is 0.348. The Morgan fingerprint density at radius 1 is 1.21 bits per heavy atom. The lowest BCUT2D eigenvalue weighted by Gasteiger charge is -2.23. The summed E-state index contributed by atoms with van der Waals surface area (Å²) >= 11 is 5.82. The fourth-order valence-electron chi connectivity index (χ4n) is 2.58. The van der Waals surface area contributed by atoms with Gasteiger partial charge in [0.25, 0.3) is 0 Å². The Morgan fingerprint density at radius 2 is 1.93 bits per heavy atom. The molecule has 0 unspecified atom stereocenters. The normalized spacial score (nSPS) is 12.9. The summed E-state index contributed by atoms with van der Waals surface area (Å²) in [4.78, 5) is 0. The first-order valence-corrected chi connectivity index (χ1v) is 10.1. The molecule has 0 saturated heterocycles. The van der Waals surface area contributed by atoms with Gasteiger partial charge in [-0.1, -0.05) is 56.3 Å². The van der Waals surface area contributed by atoms with Crippen LogP contribution in [0.1, 0.15) is 38.7 Å². The number of nitrogens with one attached hydrogen (secondary N) is 1. The van der Waals surface area contributed by atoms with Crippen molar-refractivity contribution >= 4 is 17.8 Å². The molecule has 0 atom stereocenters. The monoisotopic (exact) mass is 421 g/mol. The summed E-state index contributed by atoms with van der Waals surface area (Å²) < 4.78 is 27.5. The van der Waals surface area contributed by atoms with E-state index in [1.165, 1.54) is 12.1 Å². The predicted molar refractivity (Wildman–Crippen MR) is 120 cm³/mol. The van der Waals surface area contributed by atoms with Crippen LogP contribution in [-0.4, -0.2) is 24.8 Å². The summed E-state index contributed by atoms with van der Waals surface area (Å²) in [6, 6.07) is 3.61. The maximum Gasteiger partial charge on any atom is 0.131 e. The van der Waals surface area contributed by atoms with E-state index in [4.69, 9.17) is 11.6 Å². The van der Waals surface area contributed by atoms with Gasteiger partial charge >= 0.3 is 0 Å². The van der Waals surface area contributed by atoms with Gasteiger partial charge in [0, 0.05) is 35.3 Å². The summed E-state index contributed by atoms with van der Waals surface area (Å²) in [6.07, 6.45) is 11.7. The molecule has 0 radical (unpaired) electrons. The van der Waals surface area contributed by atoms with E-state index in [2.05, 4.69) is 23.1 Å². The molecule has 29 heavy (non-hydrogen) atoms. The van der Waals surface area contributed by atoms with E-state index < -0.39 is 11.6 Å². The lowest BCUT2D eigenvalue weighted by molar-refractivity contribution is 0.336. The Hall–Kier alpha value is -2.24. The third-order valence-corrected chi connectivity index (χ3v) is 4.11. The zero-order valence-electron chi connectivity index (χ0n) is 17.4. The first-order valence-electron chi connectivity index (χ1n) is 9.72. The van der Waals surface area contributed by atoms with E-state index in [0.29, 0.717) is 10.6 Å². The van der Waals surface area contributed by atoms with Crippen LogP contribution in [-0.2, 0) is 6.54 Å². The van der Waals surface area contributed by atoms with Crippen molar-refractivity contribution in [1.82, 2.24) is 10.3 Å². The average molecular weight is 422 g/mol. The van der Waals surface area contributed by atoms with Gasteiger partial charge in [-0.15, -0.1) is 0 Å². The molecule has 1 N–H and O–H groups in total. The Morgan fingerprint density at radius 3 is 2.52 bits per heavy atom. The lowest BCUT2D eigenvalue weighted by Crippen LogP contribution is -2.21. The second-order valence-corrected chi connectivity index (χ2v) is 6.87. The predicted octanol–water partition coefficient (Wildman–Crippen LogP) is 6.30. The van der Waals surface area contributed by atoms with Crippen LogP contribution in [0.3, 0.4) is 0 Å². The minimum atomic E-state index is -0.597. The van der Waals surface area contributed by atoms with Crippen molar-refractivity contribution in [2.45, 2.75) is 39.7 Å². The van der Waals surface area contributed by atoms with Crippen LogP contribution in [0.2, 0.25) is 0 Å². The molecular weight excluding hydrogens is 392 g/mol. The maximum absolute atomic E-state index is 14.2. The molecule has 158 valence electrons. The summed E-state index contributed by atoms with van der Waals surface area (Å²) in [5, 5.41) is 9.91. The molecule has 0 bridgehead atoms. The Kier molecular flexibility index (Phi) is 11.8. The van der Waals surface area contributed by atoms with Crippen LogP contribution in [0.25, 0.3) is 0 Å². The van der Waals surface area contributed by atoms with Gasteiger partial charge < -0.3 is 5.32 Å². The third-order valence-electron chi connectivity index (χ3n) is 3.98. The zero-order valence-corrected chi connectivity index (χ0v) is 18.1. The molecule has 6 heteroatoms. The Labute approximate surface area is 178 Å². The number of halogens is 3. The minimum Gasteiger partial charge on any atom is -0.319 e. The van der Waals surface area contributed by atoms with E-state index in [-0.39, 0.29) is 6.54 Å². The topological polar surface area (TPSA) is 27.6 Å². The van der Waals surface area contributed by atoms with Crippen molar-refractivity contribution in [2.24, 2.45) is 5.10 Å². The molecule has 0 heterocycles. The van der Waals surface area contributed by atoms with Crippen molar-refractivity contribution in [3.8, 4) is 0 Å². The van der Waals surface area contributed by atoms with Gasteiger partial charge in [0.05, 0.1) is 12.8 Å². The van der Waals surface area contributed by atoms with Gasteiger partial charge in [-0.05, 0) is 37.6 Å². The number of allylic oxidation sites excluding steroid dienone is 6. The number of hydrogen-bond donors (Lipinski definition) is 1. The smallest absolute Gasteiger partial charge is 0.131 e. The molecule has 1 aromatic carbocycles. The van der Waals surface area contributed by atoms with E-state index in [1.807, 2.05) is 33.0 Å². The zero-order chi connectivity index (χ0) is 21.6. The largest absolute Gasteiger partial charge is 0.319 e. The molecular formula is C23H30ClF2N3. The summed E-state index contributed by atoms with van der Waals surface area (Å²) in [5.74, 6) is -1.18. The highest BCUT2D eigenvalue weighted by molar-refractivity contribution is 6.30. The number of hydrogen-bond acceptors (Lipinski definition) is 3. The van der Waals surface area contributed by atoms with Gasteiger partial charge in [0.1, 0.15) is 11.6 Å². The highest BCUT2D eigenvalue weighted by atomic mass is 35.5. The number of nitrogens with zero attached hydrogens (tertiary/aromatic N) is 2.